The molecule has 1 amide bonds. The average molecular weight is 452 g/mol. The van der Waals surface area contributed by atoms with Gasteiger partial charge in [-0.3, -0.25) is 0 Å². The monoisotopic (exact) mass is 451 g/mol. The molecule has 0 aliphatic carbocycles. The maximum Gasteiger partial charge on any atom is 0.408 e. The fraction of sp³-hybridized carbons (Fsp3) is 0.667. The predicted octanol–water partition coefficient (Wildman–Crippen LogP) is 3.61. The third-order valence-corrected chi connectivity index (χ3v) is 4.79. The molecule has 1 aliphatic rings. The van der Waals surface area contributed by atoms with Gasteiger partial charge in [-0.2, -0.15) is 0 Å². The highest BCUT2D eigenvalue weighted by atomic mass is 16.6. The number of ether oxygens (including phenoxy) is 5. The molecule has 1 fully saturated rings. The summed E-state index contributed by atoms with van der Waals surface area (Å²) in [6.45, 7) is 10.2. The molecule has 1 N–H and O–H groups in total. The van der Waals surface area contributed by atoms with E-state index in [1.54, 1.807) is 27.7 Å². The number of amides is 1. The average Bonchev–Trinajstić information content (AvgIpc) is 2.76. The summed E-state index contributed by atoms with van der Waals surface area (Å²) >= 11 is 0. The third-order valence-electron chi connectivity index (χ3n) is 4.79. The van der Waals surface area contributed by atoms with Crippen molar-refractivity contribution in [1.82, 2.24) is 5.32 Å². The molecule has 180 valence electrons. The number of carbonyl (C=O) groups excluding carboxylic acids is 2. The fourth-order valence-corrected chi connectivity index (χ4v) is 3.18. The zero-order chi connectivity index (χ0) is 23.6. The van der Waals surface area contributed by atoms with Gasteiger partial charge in [0.25, 0.3) is 0 Å². The van der Waals surface area contributed by atoms with Crippen LogP contribution in [-0.4, -0.2) is 61.8 Å². The van der Waals surface area contributed by atoms with Gasteiger partial charge in [-0.05, 0) is 39.7 Å². The van der Waals surface area contributed by atoms with E-state index in [-0.39, 0.29) is 13.2 Å². The minimum Gasteiger partial charge on any atom is -0.458 e. The van der Waals surface area contributed by atoms with Gasteiger partial charge >= 0.3 is 12.1 Å². The van der Waals surface area contributed by atoms with Crippen LogP contribution in [0.25, 0.3) is 0 Å². The second-order valence-corrected chi connectivity index (χ2v) is 8.90. The second kappa shape index (κ2) is 12.8. The normalized spacial score (nSPS) is 24.6. The molecule has 1 saturated heterocycles. The van der Waals surface area contributed by atoms with Gasteiger partial charge in [0.05, 0.1) is 19.8 Å². The van der Waals surface area contributed by atoms with Crippen molar-refractivity contribution in [3.05, 3.63) is 35.9 Å². The van der Waals surface area contributed by atoms with E-state index in [4.69, 9.17) is 23.7 Å². The highest BCUT2D eigenvalue weighted by Crippen LogP contribution is 2.19. The maximum absolute atomic E-state index is 12.7. The Morgan fingerprint density at radius 1 is 1.16 bits per heavy atom. The van der Waals surface area contributed by atoms with Crippen molar-refractivity contribution in [3.8, 4) is 0 Å². The number of carbonyl (C=O) groups is 2. The van der Waals surface area contributed by atoms with Crippen molar-refractivity contribution < 1.29 is 33.3 Å². The SMILES string of the molecule is CCCCOC1COCC(NC(=O)OC(C)(C)C)C(=O)OC(C)C1OCc1ccccc1. The summed E-state index contributed by atoms with van der Waals surface area (Å²) < 4.78 is 28.9. The van der Waals surface area contributed by atoms with Gasteiger partial charge in [0, 0.05) is 6.61 Å². The minimum absolute atomic E-state index is 0.0517. The molecular formula is C24H37NO7. The number of hydrogen-bond acceptors (Lipinski definition) is 7. The zero-order valence-electron chi connectivity index (χ0n) is 19.8. The molecule has 8 nitrogen and oxygen atoms in total. The largest absolute Gasteiger partial charge is 0.458 e. The highest BCUT2D eigenvalue weighted by molar-refractivity contribution is 5.81. The Morgan fingerprint density at radius 3 is 2.53 bits per heavy atom. The minimum atomic E-state index is -0.989. The van der Waals surface area contributed by atoms with E-state index >= 15 is 0 Å². The van der Waals surface area contributed by atoms with Crippen molar-refractivity contribution in [2.75, 3.05) is 19.8 Å². The van der Waals surface area contributed by atoms with Gasteiger partial charge in [0.15, 0.2) is 6.04 Å². The van der Waals surface area contributed by atoms with Crippen LogP contribution in [0.2, 0.25) is 0 Å². The Morgan fingerprint density at radius 2 is 1.88 bits per heavy atom. The summed E-state index contributed by atoms with van der Waals surface area (Å²) in [5.41, 5.74) is 0.318. The van der Waals surface area contributed by atoms with Gasteiger partial charge in [0.1, 0.15) is 23.9 Å². The van der Waals surface area contributed by atoms with Crippen LogP contribution < -0.4 is 5.32 Å². The smallest absolute Gasteiger partial charge is 0.408 e. The van der Waals surface area contributed by atoms with Gasteiger partial charge in [-0.25, -0.2) is 9.59 Å². The first-order valence-electron chi connectivity index (χ1n) is 11.2. The molecule has 0 spiro atoms. The molecule has 4 atom stereocenters. The van der Waals surface area contributed by atoms with E-state index in [0.29, 0.717) is 13.2 Å². The Kier molecular flexibility index (Phi) is 10.4. The van der Waals surface area contributed by atoms with E-state index in [2.05, 4.69) is 12.2 Å². The molecule has 1 heterocycles. The lowest BCUT2D eigenvalue weighted by Crippen LogP contribution is -2.48. The molecule has 32 heavy (non-hydrogen) atoms. The Hall–Kier alpha value is -2.16. The van der Waals surface area contributed by atoms with E-state index < -0.39 is 42.0 Å². The number of unbranched alkanes of at least 4 members (excludes halogenated alkanes) is 1. The quantitative estimate of drug-likeness (QED) is 0.477. The Bertz CT molecular complexity index is 704. The molecule has 0 aromatic heterocycles. The molecule has 0 radical (unpaired) electrons. The lowest BCUT2D eigenvalue weighted by molar-refractivity contribution is -0.169. The van der Waals surface area contributed by atoms with Crippen molar-refractivity contribution in [2.45, 2.75) is 84.0 Å². The van der Waals surface area contributed by atoms with Crippen molar-refractivity contribution >= 4 is 12.1 Å². The number of esters is 1. The number of nitrogens with one attached hydrogen (secondary N) is 1. The standard InChI is InChI=1S/C24H37NO7/c1-6-7-13-29-20-16-28-15-19(25-23(27)32-24(3,4)5)22(26)31-17(2)21(20)30-14-18-11-9-8-10-12-18/h8-12,17,19-21H,6-7,13-16H2,1-5H3,(H,25,27). The van der Waals surface area contributed by atoms with E-state index in [1.807, 2.05) is 30.3 Å². The molecule has 2 rings (SSSR count). The number of hydrogen-bond donors (Lipinski definition) is 1. The maximum atomic E-state index is 12.7. The van der Waals surface area contributed by atoms with Crippen LogP contribution in [0.3, 0.4) is 0 Å². The van der Waals surface area contributed by atoms with Crippen molar-refractivity contribution in [3.63, 3.8) is 0 Å². The van der Waals surface area contributed by atoms with Crippen LogP contribution in [0.5, 0.6) is 0 Å². The molecular weight excluding hydrogens is 414 g/mol. The van der Waals surface area contributed by atoms with E-state index in [0.717, 1.165) is 18.4 Å². The van der Waals surface area contributed by atoms with Crippen LogP contribution in [-0.2, 0) is 35.1 Å². The predicted molar refractivity (Wildman–Crippen MR) is 119 cm³/mol. The summed E-state index contributed by atoms with van der Waals surface area (Å²) in [5.74, 6) is -0.606. The van der Waals surface area contributed by atoms with Crippen LogP contribution in [0.4, 0.5) is 4.79 Å². The summed E-state index contributed by atoms with van der Waals surface area (Å²) in [4.78, 5) is 24.9. The first-order valence-corrected chi connectivity index (χ1v) is 11.2. The number of alkyl carbamates (subject to hydrolysis) is 1. The first-order chi connectivity index (χ1) is 15.2. The molecule has 0 saturated carbocycles. The van der Waals surface area contributed by atoms with Crippen LogP contribution in [0.15, 0.2) is 30.3 Å². The highest BCUT2D eigenvalue weighted by Gasteiger charge is 2.36. The lowest BCUT2D eigenvalue weighted by Gasteiger charge is -2.30. The van der Waals surface area contributed by atoms with Crippen molar-refractivity contribution in [1.29, 1.82) is 0 Å². The molecule has 8 heteroatoms. The Balaban J connectivity index is 2.10. The number of cyclic esters (lactones) is 1. The lowest BCUT2D eigenvalue weighted by atomic mass is 10.1. The second-order valence-electron chi connectivity index (χ2n) is 8.90. The summed E-state index contributed by atoms with van der Waals surface area (Å²) in [6, 6.07) is 8.77. The van der Waals surface area contributed by atoms with Crippen LogP contribution in [0, 0.1) is 0 Å². The van der Waals surface area contributed by atoms with Crippen molar-refractivity contribution in [2.24, 2.45) is 0 Å². The molecule has 1 aliphatic heterocycles. The molecule has 0 bridgehead atoms. The molecule has 1 aromatic rings. The number of benzene rings is 1. The summed E-state index contributed by atoms with van der Waals surface area (Å²) in [5, 5.41) is 2.54. The van der Waals surface area contributed by atoms with E-state index in [1.165, 1.54) is 0 Å². The molecule has 4 unspecified atom stereocenters. The van der Waals surface area contributed by atoms with Gasteiger partial charge < -0.3 is 29.0 Å². The first kappa shape index (κ1) is 26.1. The third kappa shape index (κ3) is 9.14. The topological polar surface area (TPSA) is 92.3 Å². The number of rotatable bonds is 8. The van der Waals surface area contributed by atoms with Gasteiger partial charge in [-0.15, -0.1) is 0 Å². The summed E-state index contributed by atoms with van der Waals surface area (Å²) in [6.07, 6.45) is -0.372. The Labute approximate surface area is 190 Å². The van der Waals surface area contributed by atoms with Gasteiger partial charge in [-0.1, -0.05) is 43.7 Å². The van der Waals surface area contributed by atoms with E-state index in [9.17, 15) is 9.59 Å². The summed E-state index contributed by atoms with van der Waals surface area (Å²) in [7, 11) is 0. The fourth-order valence-electron chi connectivity index (χ4n) is 3.18. The molecule has 1 aromatic carbocycles. The van der Waals surface area contributed by atoms with Crippen LogP contribution >= 0.6 is 0 Å². The van der Waals surface area contributed by atoms with Gasteiger partial charge in [0.2, 0.25) is 0 Å². The zero-order valence-corrected chi connectivity index (χ0v) is 19.8. The van der Waals surface area contributed by atoms with Crippen LogP contribution in [0.1, 0.15) is 53.0 Å².